The number of halogens is 2. The van der Waals surface area contributed by atoms with Gasteiger partial charge in [-0.2, -0.15) is 5.10 Å². The average molecular weight is 458 g/mol. The van der Waals surface area contributed by atoms with Gasteiger partial charge in [0.25, 0.3) is 0 Å². The van der Waals surface area contributed by atoms with Crippen LogP contribution in [0.25, 0.3) is 0 Å². The van der Waals surface area contributed by atoms with Gasteiger partial charge < -0.3 is 10.6 Å². The maximum Gasteiger partial charge on any atom is 0.191 e. The van der Waals surface area contributed by atoms with Crippen LogP contribution in [-0.2, 0) is 19.0 Å². The van der Waals surface area contributed by atoms with Crippen molar-refractivity contribution in [2.75, 3.05) is 13.6 Å². The van der Waals surface area contributed by atoms with E-state index in [-0.39, 0.29) is 35.2 Å². The van der Waals surface area contributed by atoms with Gasteiger partial charge in [-0.05, 0) is 30.5 Å². The van der Waals surface area contributed by atoms with Gasteiger partial charge in [0.15, 0.2) is 5.96 Å². The molecule has 3 rings (SSSR count). The zero-order chi connectivity index (χ0) is 17.0. The number of rotatable bonds is 5. The molecule has 2 aromatic rings. The fourth-order valence-electron chi connectivity index (χ4n) is 3.09. The Morgan fingerprint density at radius 2 is 2.00 bits per heavy atom. The highest BCUT2D eigenvalue weighted by Crippen LogP contribution is 2.43. The molecule has 1 aliphatic carbocycles. The fourth-order valence-corrected chi connectivity index (χ4v) is 3.09. The van der Waals surface area contributed by atoms with Crippen molar-refractivity contribution < 1.29 is 4.39 Å². The second-order valence-electron chi connectivity index (χ2n) is 6.22. The van der Waals surface area contributed by atoms with Gasteiger partial charge >= 0.3 is 0 Å². The minimum Gasteiger partial charge on any atom is -0.356 e. The van der Waals surface area contributed by atoms with Crippen LogP contribution >= 0.6 is 24.0 Å². The molecule has 6 nitrogen and oxygen atoms in total. The van der Waals surface area contributed by atoms with Crippen LogP contribution in [0.1, 0.15) is 30.7 Å². The van der Waals surface area contributed by atoms with Crippen molar-refractivity contribution in [3.63, 3.8) is 0 Å². The van der Waals surface area contributed by atoms with Crippen molar-refractivity contribution in [3.8, 4) is 0 Å². The summed E-state index contributed by atoms with van der Waals surface area (Å²) < 4.78 is 14.9. The van der Waals surface area contributed by atoms with Crippen LogP contribution in [-0.4, -0.2) is 34.3 Å². The average Bonchev–Trinajstić information content (AvgIpc) is 2.96. The summed E-state index contributed by atoms with van der Waals surface area (Å²) in [6.45, 7) is 1.33. The number of aryl methyl sites for hydroxylation is 1. The first kappa shape index (κ1) is 19.6. The van der Waals surface area contributed by atoms with Crippen molar-refractivity contribution in [1.82, 2.24) is 25.4 Å². The normalized spacial score (nSPS) is 15.9. The minimum absolute atomic E-state index is 0. The third kappa shape index (κ3) is 4.47. The maximum absolute atomic E-state index is 13.2. The smallest absolute Gasteiger partial charge is 0.191 e. The molecule has 0 atom stereocenters. The summed E-state index contributed by atoms with van der Waals surface area (Å²) in [6.07, 6.45) is 4.94. The molecule has 0 amide bonds. The standard InChI is InChI=1S/C17H23FN6.HI/c1-19-16(20-10-15-22-12-23-24(15)2)21-11-17(8-3-9-17)13-4-6-14(18)7-5-13;/h4-7,12H,3,8-11H2,1-2H3,(H2,19,20,21);1H. The second-order valence-corrected chi connectivity index (χ2v) is 6.22. The van der Waals surface area contributed by atoms with E-state index in [1.54, 1.807) is 11.7 Å². The molecule has 0 bridgehead atoms. The van der Waals surface area contributed by atoms with Gasteiger partial charge in [-0.15, -0.1) is 24.0 Å². The molecule has 0 spiro atoms. The van der Waals surface area contributed by atoms with E-state index in [1.165, 1.54) is 30.4 Å². The molecule has 0 saturated heterocycles. The zero-order valence-electron chi connectivity index (χ0n) is 14.5. The first-order valence-electron chi connectivity index (χ1n) is 8.16. The quantitative estimate of drug-likeness (QED) is 0.410. The summed E-state index contributed by atoms with van der Waals surface area (Å²) in [6, 6.07) is 6.87. The van der Waals surface area contributed by atoms with E-state index in [9.17, 15) is 4.39 Å². The summed E-state index contributed by atoms with van der Waals surface area (Å²) in [7, 11) is 3.61. The number of guanidine groups is 1. The van der Waals surface area contributed by atoms with Crippen LogP contribution in [0.15, 0.2) is 35.6 Å². The van der Waals surface area contributed by atoms with Gasteiger partial charge in [0.1, 0.15) is 18.0 Å². The van der Waals surface area contributed by atoms with Crippen LogP contribution in [0.2, 0.25) is 0 Å². The number of nitrogens with zero attached hydrogens (tertiary/aromatic N) is 4. The lowest BCUT2D eigenvalue weighted by molar-refractivity contribution is 0.243. The Morgan fingerprint density at radius 1 is 1.28 bits per heavy atom. The van der Waals surface area contributed by atoms with Gasteiger partial charge in [-0.25, -0.2) is 9.37 Å². The van der Waals surface area contributed by atoms with E-state index in [0.29, 0.717) is 6.54 Å². The Hall–Kier alpha value is -1.71. The zero-order valence-corrected chi connectivity index (χ0v) is 16.8. The van der Waals surface area contributed by atoms with Gasteiger partial charge in [0, 0.05) is 26.1 Å². The van der Waals surface area contributed by atoms with Gasteiger partial charge in [-0.3, -0.25) is 9.67 Å². The van der Waals surface area contributed by atoms with Gasteiger partial charge in [0.2, 0.25) is 0 Å². The molecular formula is C17H24FIN6. The number of nitrogens with one attached hydrogen (secondary N) is 2. The number of hydrogen-bond acceptors (Lipinski definition) is 3. The number of benzene rings is 1. The second kappa shape index (κ2) is 8.59. The summed E-state index contributed by atoms with van der Waals surface area (Å²) in [5.74, 6) is 1.38. The van der Waals surface area contributed by atoms with E-state index in [1.807, 2.05) is 19.2 Å². The third-order valence-electron chi connectivity index (χ3n) is 4.80. The van der Waals surface area contributed by atoms with Crippen molar-refractivity contribution in [3.05, 3.63) is 47.8 Å². The third-order valence-corrected chi connectivity index (χ3v) is 4.80. The molecule has 25 heavy (non-hydrogen) atoms. The monoisotopic (exact) mass is 458 g/mol. The van der Waals surface area contributed by atoms with E-state index < -0.39 is 0 Å². The lowest BCUT2D eigenvalue weighted by atomic mass is 9.64. The molecular weight excluding hydrogens is 434 g/mol. The van der Waals surface area contributed by atoms with Crippen LogP contribution < -0.4 is 10.6 Å². The van der Waals surface area contributed by atoms with E-state index in [4.69, 9.17) is 0 Å². The lowest BCUT2D eigenvalue weighted by Crippen LogP contribution is -2.48. The Kier molecular flexibility index (Phi) is 6.74. The summed E-state index contributed by atoms with van der Waals surface area (Å²) >= 11 is 0. The van der Waals surface area contributed by atoms with Gasteiger partial charge in [-0.1, -0.05) is 18.6 Å². The number of aliphatic imine (C=N–C) groups is 1. The molecule has 1 heterocycles. The van der Waals surface area contributed by atoms with Crippen LogP contribution in [0, 0.1) is 5.82 Å². The Labute approximate surface area is 164 Å². The fraction of sp³-hybridized carbons (Fsp3) is 0.471. The predicted molar refractivity (Wildman–Crippen MR) is 107 cm³/mol. The largest absolute Gasteiger partial charge is 0.356 e. The lowest BCUT2D eigenvalue weighted by Gasteiger charge is -2.43. The van der Waals surface area contributed by atoms with Gasteiger partial charge in [0.05, 0.1) is 6.54 Å². The summed E-state index contributed by atoms with van der Waals surface area (Å²) in [5.41, 5.74) is 1.25. The highest BCUT2D eigenvalue weighted by atomic mass is 127. The van der Waals surface area contributed by atoms with Crippen LogP contribution in [0.3, 0.4) is 0 Å². The molecule has 136 valence electrons. The van der Waals surface area contributed by atoms with Crippen molar-refractivity contribution >= 4 is 29.9 Å². The Balaban J connectivity index is 0.00000225. The van der Waals surface area contributed by atoms with Crippen LogP contribution in [0.5, 0.6) is 0 Å². The highest BCUT2D eigenvalue weighted by Gasteiger charge is 2.38. The van der Waals surface area contributed by atoms with Crippen molar-refractivity contribution in [2.24, 2.45) is 12.0 Å². The molecule has 1 fully saturated rings. The van der Waals surface area contributed by atoms with Crippen molar-refractivity contribution in [2.45, 2.75) is 31.2 Å². The molecule has 1 aromatic heterocycles. The Bertz CT molecular complexity index is 708. The topological polar surface area (TPSA) is 67.1 Å². The molecule has 0 aliphatic heterocycles. The van der Waals surface area contributed by atoms with E-state index in [2.05, 4.69) is 25.7 Å². The van der Waals surface area contributed by atoms with Crippen molar-refractivity contribution in [1.29, 1.82) is 0 Å². The first-order chi connectivity index (χ1) is 11.6. The number of aromatic nitrogens is 3. The maximum atomic E-state index is 13.2. The van der Waals surface area contributed by atoms with Crippen LogP contribution in [0.4, 0.5) is 4.39 Å². The number of hydrogen-bond donors (Lipinski definition) is 2. The molecule has 2 N–H and O–H groups in total. The highest BCUT2D eigenvalue weighted by molar-refractivity contribution is 14.0. The summed E-state index contributed by atoms with van der Waals surface area (Å²) in [4.78, 5) is 8.45. The molecule has 1 aliphatic rings. The van der Waals surface area contributed by atoms with E-state index >= 15 is 0 Å². The molecule has 1 saturated carbocycles. The van der Waals surface area contributed by atoms with E-state index in [0.717, 1.165) is 31.2 Å². The summed E-state index contributed by atoms with van der Waals surface area (Å²) in [5, 5.41) is 10.7. The minimum atomic E-state index is -0.192. The molecule has 1 aromatic carbocycles. The first-order valence-corrected chi connectivity index (χ1v) is 8.16. The molecule has 8 heteroatoms. The predicted octanol–water partition coefficient (Wildman–Crippen LogP) is 2.36. The molecule has 0 radical (unpaired) electrons. The SMILES string of the molecule is CN=C(NCc1ncnn1C)NCC1(c2ccc(F)cc2)CCC1.I. The Morgan fingerprint density at radius 3 is 2.52 bits per heavy atom. The molecule has 0 unspecified atom stereocenters.